The van der Waals surface area contributed by atoms with Gasteiger partial charge < -0.3 is 4.90 Å². The number of hydrogen-bond acceptors (Lipinski definition) is 3. The molecule has 1 amide bonds. The number of likely N-dealkylation sites (tertiary alicyclic amines) is 1. The van der Waals surface area contributed by atoms with E-state index in [0.717, 1.165) is 22.2 Å². The number of aromatic amines is 2. The Hall–Kier alpha value is -2.63. The summed E-state index contributed by atoms with van der Waals surface area (Å²) in [6.07, 6.45) is 1.76. The van der Waals surface area contributed by atoms with E-state index in [0.29, 0.717) is 18.8 Å². The first kappa shape index (κ1) is 14.9. The molecule has 1 aliphatic rings. The van der Waals surface area contributed by atoms with Crippen molar-refractivity contribution in [3.05, 3.63) is 47.4 Å². The summed E-state index contributed by atoms with van der Waals surface area (Å²) in [6, 6.07) is 7.98. The molecule has 6 heteroatoms. The minimum absolute atomic E-state index is 0.00904. The fraction of sp³-hybridized carbons (Fsp3) is 0.389. The number of nitrogens with zero attached hydrogens (tertiary/aromatic N) is 3. The maximum atomic E-state index is 13.0. The van der Waals surface area contributed by atoms with Gasteiger partial charge in [0.1, 0.15) is 0 Å². The Kier molecular flexibility index (Phi) is 3.23. The molecule has 24 heavy (non-hydrogen) atoms. The Morgan fingerprint density at radius 2 is 2.12 bits per heavy atom. The minimum Gasteiger partial charge on any atom is -0.336 e. The molecular weight excluding hydrogens is 302 g/mol. The maximum absolute atomic E-state index is 13.0. The highest BCUT2D eigenvalue weighted by atomic mass is 16.2. The van der Waals surface area contributed by atoms with Gasteiger partial charge in [-0.1, -0.05) is 26.0 Å². The molecule has 124 valence electrons. The van der Waals surface area contributed by atoms with Crippen molar-refractivity contribution < 1.29 is 4.79 Å². The molecule has 0 bridgehead atoms. The summed E-state index contributed by atoms with van der Waals surface area (Å²) in [5.41, 5.74) is 3.63. The topological polar surface area (TPSA) is 77.7 Å². The standard InChI is InChI=1S/C18H21N5O/c1-11-4-5-12-15(8-11)21-22-16(12)17(24)23-9-13(18(2,3)10-23)14-6-7-19-20-14/h4-8,13H,9-10H2,1-3H3,(H,19,20)(H,21,22). The van der Waals surface area contributed by atoms with E-state index >= 15 is 0 Å². The summed E-state index contributed by atoms with van der Waals surface area (Å²) in [7, 11) is 0. The second-order valence-corrected chi connectivity index (χ2v) is 7.36. The number of benzene rings is 1. The van der Waals surface area contributed by atoms with Gasteiger partial charge in [0.15, 0.2) is 5.69 Å². The molecule has 0 aliphatic carbocycles. The molecule has 0 spiro atoms. The monoisotopic (exact) mass is 323 g/mol. The van der Waals surface area contributed by atoms with Crippen LogP contribution in [0.15, 0.2) is 30.5 Å². The number of carbonyl (C=O) groups excluding carboxylic acids is 1. The van der Waals surface area contributed by atoms with Crippen molar-refractivity contribution in [2.24, 2.45) is 5.41 Å². The average Bonchev–Trinajstić information content (AvgIpc) is 3.23. The van der Waals surface area contributed by atoms with E-state index in [4.69, 9.17) is 0 Å². The predicted octanol–water partition coefficient (Wildman–Crippen LogP) is 2.86. The third-order valence-electron chi connectivity index (χ3n) is 5.05. The van der Waals surface area contributed by atoms with Gasteiger partial charge in [-0.2, -0.15) is 10.2 Å². The molecule has 6 nitrogen and oxygen atoms in total. The molecule has 1 fully saturated rings. The van der Waals surface area contributed by atoms with Crippen molar-refractivity contribution in [3.63, 3.8) is 0 Å². The van der Waals surface area contributed by atoms with E-state index in [1.165, 1.54) is 0 Å². The molecule has 4 rings (SSSR count). The lowest BCUT2D eigenvalue weighted by atomic mass is 9.80. The van der Waals surface area contributed by atoms with Gasteiger partial charge in [0.25, 0.3) is 5.91 Å². The summed E-state index contributed by atoms with van der Waals surface area (Å²) in [5, 5.41) is 15.3. The second kappa shape index (κ2) is 5.19. The summed E-state index contributed by atoms with van der Waals surface area (Å²) < 4.78 is 0. The van der Waals surface area contributed by atoms with Crippen molar-refractivity contribution in [2.45, 2.75) is 26.7 Å². The van der Waals surface area contributed by atoms with Gasteiger partial charge in [-0.15, -0.1) is 0 Å². The lowest BCUT2D eigenvalue weighted by molar-refractivity contribution is 0.0774. The van der Waals surface area contributed by atoms with Gasteiger partial charge in [0.2, 0.25) is 0 Å². The minimum atomic E-state index is -0.0137. The molecular formula is C18H21N5O. The Morgan fingerprint density at radius 1 is 1.29 bits per heavy atom. The lowest BCUT2D eigenvalue weighted by Crippen LogP contribution is -2.30. The Labute approximate surface area is 140 Å². The number of aromatic nitrogens is 4. The van der Waals surface area contributed by atoms with Crippen molar-refractivity contribution in [3.8, 4) is 0 Å². The summed E-state index contributed by atoms with van der Waals surface area (Å²) in [5.74, 6) is 0.233. The van der Waals surface area contributed by atoms with Crippen LogP contribution in [0.4, 0.5) is 0 Å². The summed E-state index contributed by atoms with van der Waals surface area (Å²) in [6.45, 7) is 7.79. The molecule has 1 atom stereocenters. The molecule has 1 aromatic carbocycles. The van der Waals surface area contributed by atoms with Crippen LogP contribution in [0.2, 0.25) is 0 Å². The smallest absolute Gasteiger partial charge is 0.275 e. The van der Waals surface area contributed by atoms with Gasteiger partial charge in [-0.3, -0.25) is 15.0 Å². The summed E-state index contributed by atoms with van der Waals surface area (Å²) >= 11 is 0. The van der Waals surface area contributed by atoms with Crippen molar-refractivity contribution in [1.82, 2.24) is 25.3 Å². The zero-order chi connectivity index (χ0) is 16.9. The number of aryl methyl sites for hydroxylation is 1. The van der Waals surface area contributed by atoms with Gasteiger partial charge in [-0.05, 0) is 30.0 Å². The number of carbonyl (C=O) groups is 1. The van der Waals surface area contributed by atoms with Crippen molar-refractivity contribution in [1.29, 1.82) is 0 Å². The fourth-order valence-corrected chi connectivity index (χ4v) is 3.72. The highest BCUT2D eigenvalue weighted by Gasteiger charge is 2.43. The molecule has 1 unspecified atom stereocenters. The number of rotatable bonds is 2. The molecule has 2 aromatic heterocycles. The van der Waals surface area contributed by atoms with E-state index in [9.17, 15) is 4.79 Å². The first-order valence-electron chi connectivity index (χ1n) is 8.19. The lowest BCUT2D eigenvalue weighted by Gasteiger charge is -2.23. The quantitative estimate of drug-likeness (QED) is 0.761. The number of fused-ring (bicyclic) bond motifs is 1. The molecule has 1 saturated heterocycles. The van der Waals surface area contributed by atoms with Crippen LogP contribution in [0, 0.1) is 12.3 Å². The third-order valence-corrected chi connectivity index (χ3v) is 5.05. The molecule has 3 aromatic rings. The van der Waals surface area contributed by atoms with Gasteiger partial charge in [0, 0.05) is 36.3 Å². The predicted molar refractivity (Wildman–Crippen MR) is 91.8 cm³/mol. The number of hydrogen-bond donors (Lipinski definition) is 2. The first-order valence-corrected chi connectivity index (χ1v) is 8.19. The van der Waals surface area contributed by atoms with Crippen LogP contribution >= 0.6 is 0 Å². The van der Waals surface area contributed by atoms with Crippen LogP contribution in [-0.2, 0) is 0 Å². The highest BCUT2D eigenvalue weighted by Crippen LogP contribution is 2.42. The van der Waals surface area contributed by atoms with Crippen LogP contribution < -0.4 is 0 Å². The largest absolute Gasteiger partial charge is 0.336 e. The molecule has 1 aliphatic heterocycles. The first-order chi connectivity index (χ1) is 11.5. The second-order valence-electron chi connectivity index (χ2n) is 7.36. The van der Waals surface area contributed by atoms with Gasteiger partial charge in [0.05, 0.1) is 5.52 Å². The molecule has 3 heterocycles. The summed E-state index contributed by atoms with van der Waals surface area (Å²) in [4.78, 5) is 14.9. The van der Waals surface area contributed by atoms with E-state index in [2.05, 4.69) is 34.2 Å². The Morgan fingerprint density at radius 3 is 2.88 bits per heavy atom. The molecule has 0 saturated carbocycles. The third kappa shape index (κ3) is 2.29. The van der Waals surface area contributed by atoms with Crippen LogP contribution in [0.5, 0.6) is 0 Å². The Bertz CT molecular complexity index is 893. The number of amides is 1. The van der Waals surface area contributed by atoms with Crippen LogP contribution in [-0.4, -0.2) is 44.3 Å². The zero-order valence-corrected chi connectivity index (χ0v) is 14.1. The van der Waals surface area contributed by atoms with Crippen LogP contribution in [0.25, 0.3) is 10.9 Å². The normalized spacial score (nSPS) is 20.0. The van der Waals surface area contributed by atoms with Crippen LogP contribution in [0.1, 0.15) is 41.5 Å². The fourth-order valence-electron chi connectivity index (χ4n) is 3.72. The maximum Gasteiger partial charge on any atom is 0.275 e. The highest BCUT2D eigenvalue weighted by molar-refractivity contribution is 6.04. The SMILES string of the molecule is Cc1ccc2c(C(=O)N3CC(c4ccn[nH]4)C(C)(C)C3)n[nH]c2c1. The molecule has 2 N–H and O–H groups in total. The van der Waals surface area contributed by atoms with Gasteiger partial charge in [-0.25, -0.2) is 0 Å². The Balaban J connectivity index is 1.65. The molecule has 0 radical (unpaired) electrons. The van der Waals surface area contributed by atoms with Crippen molar-refractivity contribution in [2.75, 3.05) is 13.1 Å². The zero-order valence-electron chi connectivity index (χ0n) is 14.1. The van der Waals surface area contributed by atoms with Gasteiger partial charge >= 0.3 is 0 Å². The van der Waals surface area contributed by atoms with Crippen LogP contribution in [0.3, 0.4) is 0 Å². The van der Waals surface area contributed by atoms with E-state index in [1.54, 1.807) is 6.20 Å². The average molecular weight is 323 g/mol. The van der Waals surface area contributed by atoms with E-state index in [-0.39, 0.29) is 17.2 Å². The number of H-pyrrole nitrogens is 2. The van der Waals surface area contributed by atoms with Crippen molar-refractivity contribution >= 4 is 16.8 Å². The van der Waals surface area contributed by atoms with E-state index < -0.39 is 0 Å². The van der Waals surface area contributed by atoms with E-state index in [1.807, 2.05) is 36.1 Å². The number of nitrogens with one attached hydrogen (secondary N) is 2.